The minimum Gasteiger partial charge on any atom is -0.289 e. The third-order valence-corrected chi connectivity index (χ3v) is 1.68. The van der Waals surface area contributed by atoms with Crippen LogP contribution in [0.1, 0.15) is 12.1 Å². The van der Waals surface area contributed by atoms with E-state index in [1.54, 1.807) is 25.3 Å². The summed E-state index contributed by atoms with van der Waals surface area (Å²) < 4.78 is 0. The molecule has 1 aromatic rings. The number of carbonyl (C=O) groups is 1. The largest absolute Gasteiger partial charge is 0.289 e. The van der Waals surface area contributed by atoms with E-state index in [0.717, 1.165) is 5.69 Å². The molecule has 0 aliphatic heterocycles. The molecule has 4 nitrogen and oxygen atoms in total. The van der Waals surface area contributed by atoms with Gasteiger partial charge in [-0.05, 0) is 18.6 Å². The smallest absolute Gasteiger partial charge is 0.234 e. The van der Waals surface area contributed by atoms with Crippen LogP contribution in [-0.4, -0.2) is 30.0 Å². The molecule has 0 radical (unpaired) electrons. The Hall–Kier alpha value is -1.42. The average molecular weight is 193 g/mol. The monoisotopic (exact) mass is 193 g/mol. The van der Waals surface area contributed by atoms with Gasteiger partial charge in [-0.15, -0.1) is 0 Å². The molecule has 1 aromatic heterocycles. The summed E-state index contributed by atoms with van der Waals surface area (Å²) in [5.41, 5.74) is 3.63. The van der Waals surface area contributed by atoms with Crippen LogP contribution in [0.25, 0.3) is 0 Å². The van der Waals surface area contributed by atoms with Gasteiger partial charge >= 0.3 is 0 Å². The summed E-state index contributed by atoms with van der Waals surface area (Å²) in [6, 6.07) is 5.71. The lowest BCUT2D eigenvalue weighted by molar-refractivity contribution is -0.124. The molecular weight excluding hydrogens is 178 g/mol. The molecule has 0 unspecified atom stereocenters. The Bertz CT molecular complexity index is 285. The van der Waals surface area contributed by atoms with Crippen LogP contribution in [0.5, 0.6) is 0 Å². The Balaban J connectivity index is 2.31. The quantitative estimate of drug-likeness (QED) is 0.712. The second kappa shape index (κ2) is 5.34. The summed E-state index contributed by atoms with van der Waals surface area (Å²) in [5, 5.41) is 1.64. The number of amides is 1. The Labute approximate surface area is 83.9 Å². The summed E-state index contributed by atoms with van der Waals surface area (Å²) in [5.74, 6) is 0.0145. The molecule has 0 spiro atoms. The third-order valence-electron chi connectivity index (χ3n) is 1.68. The molecule has 0 saturated carbocycles. The van der Waals surface area contributed by atoms with E-state index in [1.165, 1.54) is 0 Å². The van der Waals surface area contributed by atoms with Gasteiger partial charge in [-0.25, -0.2) is 5.01 Å². The first-order valence-electron chi connectivity index (χ1n) is 4.55. The van der Waals surface area contributed by atoms with Crippen molar-refractivity contribution in [2.24, 2.45) is 0 Å². The van der Waals surface area contributed by atoms with Crippen molar-refractivity contribution in [3.05, 3.63) is 30.1 Å². The number of rotatable bonds is 4. The molecule has 0 saturated heterocycles. The van der Waals surface area contributed by atoms with Crippen LogP contribution >= 0.6 is 0 Å². The van der Waals surface area contributed by atoms with Gasteiger partial charge in [-0.1, -0.05) is 6.07 Å². The van der Waals surface area contributed by atoms with Crippen LogP contribution < -0.4 is 5.43 Å². The maximum absolute atomic E-state index is 11.2. The summed E-state index contributed by atoms with van der Waals surface area (Å²) in [7, 11) is 3.58. The zero-order chi connectivity index (χ0) is 10.4. The molecule has 76 valence electrons. The van der Waals surface area contributed by atoms with Crippen LogP contribution in [0.4, 0.5) is 0 Å². The van der Waals surface area contributed by atoms with Gasteiger partial charge in [-0.3, -0.25) is 15.2 Å². The van der Waals surface area contributed by atoms with Crippen molar-refractivity contribution in [3.8, 4) is 0 Å². The molecule has 1 N–H and O–H groups in total. The third kappa shape index (κ3) is 4.00. The molecule has 1 heterocycles. The first-order valence-corrected chi connectivity index (χ1v) is 4.55. The highest BCUT2D eigenvalue weighted by Gasteiger charge is 2.02. The number of pyridine rings is 1. The number of hydrogen-bond acceptors (Lipinski definition) is 3. The number of nitrogens with zero attached hydrogens (tertiary/aromatic N) is 2. The molecular formula is C10H15N3O. The number of nitrogens with one attached hydrogen (secondary N) is 1. The maximum Gasteiger partial charge on any atom is 0.234 e. The Morgan fingerprint density at radius 2 is 2.29 bits per heavy atom. The second-order valence-electron chi connectivity index (χ2n) is 3.25. The predicted molar refractivity (Wildman–Crippen MR) is 54.4 cm³/mol. The predicted octanol–water partition coefficient (Wildman–Crippen LogP) is 0.607. The van der Waals surface area contributed by atoms with E-state index in [9.17, 15) is 4.79 Å². The minimum absolute atomic E-state index is 0.0145. The molecule has 1 rings (SSSR count). The standard InChI is InChI=1S/C10H15N3O/c1-13(2)12-10(14)7-6-9-5-3-4-8-11-9/h3-5,8H,6-7H2,1-2H3,(H,12,14). The Morgan fingerprint density at radius 1 is 1.50 bits per heavy atom. The van der Waals surface area contributed by atoms with E-state index in [0.29, 0.717) is 12.8 Å². The molecule has 0 atom stereocenters. The molecule has 0 fully saturated rings. The van der Waals surface area contributed by atoms with Crippen molar-refractivity contribution in [1.82, 2.24) is 15.4 Å². The van der Waals surface area contributed by atoms with Crippen molar-refractivity contribution in [1.29, 1.82) is 0 Å². The average Bonchev–Trinajstić information content (AvgIpc) is 2.15. The summed E-state index contributed by atoms with van der Waals surface area (Å²) in [6.45, 7) is 0. The van der Waals surface area contributed by atoms with Gasteiger partial charge in [0.25, 0.3) is 0 Å². The minimum atomic E-state index is 0.0145. The Morgan fingerprint density at radius 3 is 2.86 bits per heavy atom. The number of hydrazine groups is 1. The fourth-order valence-corrected chi connectivity index (χ4v) is 1.09. The number of aryl methyl sites for hydroxylation is 1. The number of hydrogen-bond donors (Lipinski definition) is 1. The first kappa shape index (κ1) is 10.7. The fraction of sp³-hybridized carbons (Fsp3) is 0.400. The van der Waals surface area contributed by atoms with E-state index in [4.69, 9.17) is 0 Å². The highest BCUT2D eigenvalue weighted by Crippen LogP contribution is 1.97. The highest BCUT2D eigenvalue weighted by molar-refractivity contribution is 5.75. The summed E-state index contributed by atoms with van der Waals surface area (Å²) in [4.78, 5) is 15.4. The molecule has 14 heavy (non-hydrogen) atoms. The topological polar surface area (TPSA) is 45.2 Å². The zero-order valence-electron chi connectivity index (χ0n) is 8.53. The van der Waals surface area contributed by atoms with Crippen LogP contribution in [-0.2, 0) is 11.2 Å². The molecule has 0 bridgehead atoms. The van der Waals surface area contributed by atoms with Crippen LogP contribution in [0, 0.1) is 0 Å². The van der Waals surface area contributed by atoms with Crippen molar-refractivity contribution < 1.29 is 4.79 Å². The van der Waals surface area contributed by atoms with Gasteiger partial charge < -0.3 is 0 Å². The SMILES string of the molecule is CN(C)NC(=O)CCc1ccccn1. The summed E-state index contributed by atoms with van der Waals surface area (Å²) >= 11 is 0. The molecule has 0 aromatic carbocycles. The van der Waals surface area contributed by atoms with E-state index >= 15 is 0 Å². The van der Waals surface area contributed by atoms with Crippen LogP contribution in [0.2, 0.25) is 0 Å². The lowest BCUT2D eigenvalue weighted by atomic mass is 10.2. The number of aromatic nitrogens is 1. The first-order chi connectivity index (χ1) is 6.68. The van der Waals surface area contributed by atoms with Gasteiger partial charge in [0, 0.05) is 32.4 Å². The van der Waals surface area contributed by atoms with Gasteiger partial charge in [0.05, 0.1) is 0 Å². The van der Waals surface area contributed by atoms with E-state index in [-0.39, 0.29) is 5.91 Å². The van der Waals surface area contributed by atoms with Crippen molar-refractivity contribution in [2.45, 2.75) is 12.8 Å². The molecule has 1 amide bonds. The van der Waals surface area contributed by atoms with Gasteiger partial charge in [0.1, 0.15) is 0 Å². The maximum atomic E-state index is 11.2. The van der Waals surface area contributed by atoms with Crippen LogP contribution in [0.15, 0.2) is 24.4 Å². The molecule has 0 aliphatic carbocycles. The fourth-order valence-electron chi connectivity index (χ4n) is 1.09. The highest BCUT2D eigenvalue weighted by atomic mass is 16.2. The zero-order valence-corrected chi connectivity index (χ0v) is 8.53. The van der Waals surface area contributed by atoms with E-state index in [2.05, 4.69) is 10.4 Å². The van der Waals surface area contributed by atoms with Crippen molar-refractivity contribution in [2.75, 3.05) is 14.1 Å². The number of carbonyl (C=O) groups excluding carboxylic acids is 1. The molecule has 4 heteroatoms. The van der Waals surface area contributed by atoms with Crippen molar-refractivity contribution >= 4 is 5.91 Å². The van der Waals surface area contributed by atoms with Crippen LogP contribution in [0.3, 0.4) is 0 Å². The summed E-state index contributed by atoms with van der Waals surface area (Å²) in [6.07, 6.45) is 2.88. The van der Waals surface area contributed by atoms with Gasteiger partial charge in [0.15, 0.2) is 0 Å². The lowest BCUT2D eigenvalue weighted by Crippen LogP contribution is -2.36. The Kier molecular flexibility index (Phi) is 4.07. The van der Waals surface area contributed by atoms with E-state index < -0.39 is 0 Å². The normalized spacial score (nSPS) is 10.2. The van der Waals surface area contributed by atoms with Gasteiger partial charge in [-0.2, -0.15) is 0 Å². The van der Waals surface area contributed by atoms with E-state index in [1.807, 2.05) is 18.2 Å². The molecule has 0 aliphatic rings. The second-order valence-corrected chi connectivity index (χ2v) is 3.25. The lowest BCUT2D eigenvalue weighted by Gasteiger charge is -2.11. The van der Waals surface area contributed by atoms with Gasteiger partial charge in [0.2, 0.25) is 5.91 Å². The van der Waals surface area contributed by atoms with Crippen molar-refractivity contribution in [3.63, 3.8) is 0 Å².